The van der Waals surface area contributed by atoms with Crippen LogP contribution >= 0.6 is 0 Å². The number of ether oxygens (including phenoxy) is 1. The molecule has 0 radical (unpaired) electrons. The van der Waals surface area contributed by atoms with E-state index in [1.54, 1.807) is 44.3 Å². The highest BCUT2D eigenvalue weighted by Crippen LogP contribution is 2.20. The minimum atomic E-state index is -0.699. The van der Waals surface area contributed by atoms with Crippen molar-refractivity contribution < 1.29 is 18.5 Å². The van der Waals surface area contributed by atoms with Crippen molar-refractivity contribution >= 4 is 16.9 Å². The van der Waals surface area contributed by atoms with Crippen LogP contribution in [-0.4, -0.2) is 29.1 Å². The number of carbonyl (C=O) groups excluding carboxylic acids is 1. The van der Waals surface area contributed by atoms with Crippen LogP contribution in [0.5, 0.6) is 5.75 Å². The molecule has 7 nitrogen and oxygen atoms in total. The van der Waals surface area contributed by atoms with Crippen molar-refractivity contribution in [3.63, 3.8) is 0 Å². The van der Waals surface area contributed by atoms with E-state index in [4.69, 9.17) is 13.7 Å². The Morgan fingerprint density at radius 2 is 2.08 bits per heavy atom. The highest BCUT2D eigenvalue weighted by atomic mass is 16.5. The minimum absolute atomic E-state index is 0.201. The van der Waals surface area contributed by atoms with Gasteiger partial charge in [-0.3, -0.25) is 4.79 Å². The zero-order valence-corrected chi connectivity index (χ0v) is 13.3. The van der Waals surface area contributed by atoms with E-state index >= 15 is 0 Å². The third kappa shape index (κ3) is 3.45. The Bertz CT molecular complexity index is 901. The molecule has 7 heteroatoms. The van der Waals surface area contributed by atoms with E-state index in [9.17, 15) is 9.59 Å². The number of likely N-dealkylation sites (N-methyl/N-ethyl adjacent to an activating group) is 1. The highest BCUT2D eigenvalue weighted by molar-refractivity contribution is 5.81. The first-order chi connectivity index (χ1) is 11.5. The maximum Gasteiger partial charge on any atom is 0.336 e. The van der Waals surface area contributed by atoms with Crippen molar-refractivity contribution in [1.29, 1.82) is 0 Å². The van der Waals surface area contributed by atoms with Crippen molar-refractivity contribution in [2.24, 2.45) is 0 Å². The fourth-order valence-corrected chi connectivity index (χ4v) is 2.32. The Labute approximate surface area is 137 Å². The summed E-state index contributed by atoms with van der Waals surface area (Å²) in [6, 6.07) is 9.81. The van der Waals surface area contributed by atoms with Crippen LogP contribution in [0.3, 0.4) is 0 Å². The summed E-state index contributed by atoms with van der Waals surface area (Å²) in [4.78, 5) is 25.1. The lowest BCUT2D eigenvalue weighted by atomic mass is 10.2. The van der Waals surface area contributed by atoms with Crippen LogP contribution in [0.4, 0.5) is 0 Å². The molecule has 2 aromatic heterocycles. The number of rotatable bonds is 5. The first-order valence-electron chi connectivity index (χ1n) is 7.38. The average molecular weight is 328 g/mol. The van der Waals surface area contributed by atoms with Crippen molar-refractivity contribution in [2.45, 2.75) is 19.6 Å². The fourth-order valence-electron chi connectivity index (χ4n) is 2.32. The molecule has 0 aliphatic carbocycles. The van der Waals surface area contributed by atoms with Gasteiger partial charge in [0, 0.05) is 30.6 Å². The summed E-state index contributed by atoms with van der Waals surface area (Å²) in [7, 11) is 1.66. The summed E-state index contributed by atoms with van der Waals surface area (Å²) < 4.78 is 15.5. The molecular weight excluding hydrogens is 312 g/mol. The van der Waals surface area contributed by atoms with Crippen LogP contribution in [-0.2, 0) is 11.3 Å². The summed E-state index contributed by atoms with van der Waals surface area (Å²) >= 11 is 0. The van der Waals surface area contributed by atoms with Gasteiger partial charge in [0.1, 0.15) is 23.3 Å². The third-order valence-corrected chi connectivity index (χ3v) is 3.52. The van der Waals surface area contributed by atoms with Crippen LogP contribution in [0.15, 0.2) is 56.4 Å². The number of nitrogens with zero attached hydrogens (tertiary/aromatic N) is 2. The predicted molar refractivity (Wildman–Crippen MR) is 85.6 cm³/mol. The molecule has 3 aromatic rings. The lowest BCUT2D eigenvalue weighted by molar-refractivity contribution is -0.137. The van der Waals surface area contributed by atoms with Crippen LogP contribution in [0, 0.1) is 0 Å². The lowest BCUT2D eigenvalue weighted by Crippen LogP contribution is -2.37. The van der Waals surface area contributed by atoms with E-state index in [0.29, 0.717) is 23.6 Å². The Kier molecular flexibility index (Phi) is 4.33. The predicted octanol–water partition coefficient (Wildman–Crippen LogP) is 2.21. The van der Waals surface area contributed by atoms with E-state index in [0.717, 1.165) is 5.39 Å². The second kappa shape index (κ2) is 6.57. The molecule has 3 rings (SSSR count). The van der Waals surface area contributed by atoms with Gasteiger partial charge in [-0.15, -0.1) is 0 Å². The quantitative estimate of drug-likeness (QED) is 0.668. The molecule has 1 amide bonds. The molecule has 0 bridgehead atoms. The van der Waals surface area contributed by atoms with Crippen molar-refractivity contribution in [3.8, 4) is 5.75 Å². The first kappa shape index (κ1) is 15.8. The number of hydrogen-bond donors (Lipinski definition) is 0. The molecule has 0 aliphatic heterocycles. The van der Waals surface area contributed by atoms with Crippen LogP contribution in [0.25, 0.3) is 11.0 Å². The van der Waals surface area contributed by atoms with Gasteiger partial charge in [0.15, 0.2) is 6.10 Å². The normalized spacial score (nSPS) is 12.1. The standard InChI is InChI=1S/C17H16N2O5/c1-11(17(21)19(2)10-13-7-8-22-18-13)23-14-5-3-12-4-6-16(20)24-15(12)9-14/h3-9,11H,10H2,1-2H3. The Balaban J connectivity index is 1.70. The monoisotopic (exact) mass is 328 g/mol. The third-order valence-electron chi connectivity index (χ3n) is 3.52. The van der Waals surface area contributed by atoms with Crippen LogP contribution in [0.2, 0.25) is 0 Å². The Morgan fingerprint density at radius 3 is 2.83 bits per heavy atom. The Morgan fingerprint density at radius 1 is 1.29 bits per heavy atom. The van der Waals surface area contributed by atoms with Gasteiger partial charge in [0.05, 0.1) is 6.54 Å². The number of hydrogen-bond acceptors (Lipinski definition) is 6. The number of amides is 1. The summed E-state index contributed by atoms with van der Waals surface area (Å²) in [5.41, 5.74) is 0.636. The average Bonchev–Trinajstić information content (AvgIpc) is 3.06. The maximum absolute atomic E-state index is 12.4. The van der Waals surface area contributed by atoms with E-state index in [1.165, 1.54) is 17.2 Å². The number of benzene rings is 1. The summed E-state index contributed by atoms with van der Waals surface area (Å²) in [6.45, 7) is 1.99. The molecule has 124 valence electrons. The molecule has 1 aromatic carbocycles. The molecule has 0 N–H and O–H groups in total. The molecule has 1 atom stereocenters. The lowest BCUT2D eigenvalue weighted by Gasteiger charge is -2.21. The van der Waals surface area contributed by atoms with Gasteiger partial charge in [-0.25, -0.2) is 4.79 Å². The van der Waals surface area contributed by atoms with Gasteiger partial charge >= 0.3 is 5.63 Å². The van der Waals surface area contributed by atoms with Crippen LogP contribution < -0.4 is 10.4 Å². The molecule has 2 heterocycles. The van der Waals surface area contributed by atoms with E-state index in [-0.39, 0.29) is 5.91 Å². The molecule has 0 aliphatic rings. The summed E-state index contributed by atoms with van der Waals surface area (Å²) in [5, 5.41) is 4.55. The second-order valence-electron chi connectivity index (χ2n) is 5.40. The van der Waals surface area contributed by atoms with Gasteiger partial charge in [0.2, 0.25) is 0 Å². The first-order valence-corrected chi connectivity index (χ1v) is 7.38. The highest BCUT2D eigenvalue weighted by Gasteiger charge is 2.20. The van der Waals surface area contributed by atoms with E-state index in [2.05, 4.69) is 5.16 Å². The van der Waals surface area contributed by atoms with Gasteiger partial charge in [-0.1, -0.05) is 5.16 Å². The second-order valence-corrected chi connectivity index (χ2v) is 5.40. The van der Waals surface area contributed by atoms with Gasteiger partial charge < -0.3 is 18.6 Å². The number of fused-ring (bicyclic) bond motifs is 1. The molecule has 0 saturated carbocycles. The van der Waals surface area contributed by atoms with Gasteiger partial charge in [0.25, 0.3) is 5.91 Å². The number of carbonyl (C=O) groups is 1. The van der Waals surface area contributed by atoms with Crippen LogP contribution in [0.1, 0.15) is 12.6 Å². The molecule has 0 spiro atoms. The maximum atomic E-state index is 12.4. The van der Waals surface area contributed by atoms with Gasteiger partial charge in [-0.2, -0.15) is 0 Å². The smallest absolute Gasteiger partial charge is 0.336 e. The molecule has 0 fully saturated rings. The summed E-state index contributed by atoms with van der Waals surface area (Å²) in [6.07, 6.45) is 0.756. The topological polar surface area (TPSA) is 85.8 Å². The number of aromatic nitrogens is 1. The van der Waals surface area contributed by atoms with E-state index in [1.807, 2.05) is 0 Å². The molecule has 0 saturated heterocycles. The molecular formula is C17H16N2O5. The van der Waals surface area contributed by atoms with Crippen molar-refractivity contribution in [2.75, 3.05) is 7.05 Å². The largest absolute Gasteiger partial charge is 0.481 e. The fraction of sp³-hybridized carbons (Fsp3) is 0.235. The minimum Gasteiger partial charge on any atom is -0.481 e. The molecule has 24 heavy (non-hydrogen) atoms. The zero-order valence-electron chi connectivity index (χ0n) is 13.3. The SMILES string of the molecule is CC(Oc1ccc2ccc(=O)oc2c1)C(=O)N(C)Cc1ccon1. The van der Waals surface area contributed by atoms with Crippen molar-refractivity contribution in [1.82, 2.24) is 10.1 Å². The van der Waals surface area contributed by atoms with E-state index < -0.39 is 11.7 Å². The Hall–Kier alpha value is -3.09. The van der Waals surface area contributed by atoms with Crippen molar-refractivity contribution in [3.05, 3.63) is 58.8 Å². The summed E-state index contributed by atoms with van der Waals surface area (Å²) in [5.74, 6) is 0.250. The van der Waals surface area contributed by atoms with Gasteiger partial charge in [-0.05, 0) is 25.1 Å². The molecule has 1 unspecified atom stereocenters. The zero-order chi connectivity index (χ0) is 17.1.